The van der Waals surface area contributed by atoms with Crippen LogP contribution in [0.1, 0.15) is 13.8 Å². The molecule has 0 saturated carbocycles. The van der Waals surface area contributed by atoms with Gasteiger partial charge in [0.15, 0.2) is 0 Å². The van der Waals surface area contributed by atoms with Crippen LogP contribution in [0, 0.1) is 5.92 Å². The van der Waals surface area contributed by atoms with Crippen molar-refractivity contribution >= 4 is 19.5 Å². The van der Waals surface area contributed by atoms with Gasteiger partial charge in [0.05, 0.1) is 6.61 Å². The van der Waals surface area contributed by atoms with Gasteiger partial charge in [-0.1, -0.05) is 0 Å². The standard InChI is InChI=1S/C8H15O8P/c1-4-16-7(11)8(15-3,17(12,13)14)5(2)6(9)10/h5H,4H2,1-3H3,(H,9,10)(H2,12,13,14). The lowest BCUT2D eigenvalue weighted by atomic mass is 10.0. The van der Waals surface area contributed by atoms with E-state index in [1.165, 1.54) is 6.92 Å². The number of esters is 1. The van der Waals surface area contributed by atoms with E-state index < -0.39 is 30.8 Å². The summed E-state index contributed by atoms with van der Waals surface area (Å²) in [7, 11) is -4.34. The van der Waals surface area contributed by atoms with Crippen LogP contribution in [0.2, 0.25) is 0 Å². The number of ether oxygens (including phenoxy) is 2. The summed E-state index contributed by atoms with van der Waals surface area (Å²) in [4.78, 5) is 40.7. The molecule has 0 aromatic carbocycles. The Labute approximate surface area is 97.7 Å². The van der Waals surface area contributed by atoms with Crippen molar-refractivity contribution in [2.45, 2.75) is 19.2 Å². The second kappa shape index (κ2) is 5.59. The Morgan fingerprint density at radius 1 is 1.41 bits per heavy atom. The van der Waals surface area contributed by atoms with E-state index in [0.717, 1.165) is 14.0 Å². The van der Waals surface area contributed by atoms with Gasteiger partial charge >= 0.3 is 19.5 Å². The molecule has 0 aliphatic rings. The highest BCUT2D eigenvalue weighted by atomic mass is 31.2. The molecule has 0 radical (unpaired) electrons. The smallest absolute Gasteiger partial charge is 0.369 e. The van der Waals surface area contributed by atoms with E-state index in [-0.39, 0.29) is 6.61 Å². The molecular formula is C8H15O8P. The van der Waals surface area contributed by atoms with E-state index in [4.69, 9.17) is 14.9 Å². The minimum Gasteiger partial charge on any atom is -0.481 e. The van der Waals surface area contributed by atoms with Gasteiger partial charge in [-0.05, 0) is 13.8 Å². The maximum absolute atomic E-state index is 11.6. The summed E-state index contributed by atoms with van der Waals surface area (Å²) in [6.07, 6.45) is 0. The van der Waals surface area contributed by atoms with Crippen molar-refractivity contribution in [1.82, 2.24) is 0 Å². The van der Waals surface area contributed by atoms with Crippen LogP contribution >= 0.6 is 7.60 Å². The number of carboxylic acid groups (broad SMARTS) is 1. The molecule has 17 heavy (non-hydrogen) atoms. The second-order valence-corrected chi connectivity index (χ2v) is 4.98. The molecule has 2 unspecified atom stereocenters. The van der Waals surface area contributed by atoms with Crippen LogP contribution < -0.4 is 0 Å². The molecule has 8 nitrogen and oxygen atoms in total. The van der Waals surface area contributed by atoms with Crippen LogP contribution in [0.3, 0.4) is 0 Å². The number of hydrogen-bond acceptors (Lipinski definition) is 5. The Balaban J connectivity index is 5.71. The third-order valence-electron chi connectivity index (χ3n) is 2.27. The van der Waals surface area contributed by atoms with Crippen molar-refractivity contribution in [3.8, 4) is 0 Å². The molecule has 0 saturated heterocycles. The molecular weight excluding hydrogens is 255 g/mol. The number of carboxylic acids is 1. The first-order valence-corrected chi connectivity index (χ1v) is 6.27. The lowest BCUT2D eigenvalue weighted by Crippen LogP contribution is -2.50. The van der Waals surface area contributed by atoms with Crippen LogP contribution in [0.15, 0.2) is 0 Å². The summed E-state index contributed by atoms with van der Waals surface area (Å²) in [5.74, 6) is -4.73. The Morgan fingerprint density at radius 2 is 1.88 bits per heavy atom. The van der Waals surface area contributed by atoms with Gasteiger partial charge in [-0.2, -0.15) is 0 Å². The number of methoxy groups -OCH3 is 1. The summed E-state index contributed by atoms with van der Waals surface area (Å²) in [5, 5.41) is 5.97. The first kappa shape index (κ1) is 16.1. The minimum absolute atomic E-state index is 0.156. The highest BCUT2D eigenvalue weighted by Gasteiger charge is 2.62. The zero-order chi connectivity index (χ0) is 13.9. The van der Waals surface area contributed by atoms with Crippen LogP contribution in [-0.2, 0) is 23.6 Å². The van der Waals surface area contributed by atoms with Gasteiger partial charge in [-0.3, -0.25) is 9.36 Å². The molecule has 0 aromatic rings. The normalized spacial score (nSPS) is 17.0. The van der Waals surface area contributed by atoms with Gasteiger partial charge in [-0.15, -0.1) is 0 Å². The lowest BCUT2D eigenvalue weighted by molar-refractivity contribution is -0.172. The number of hydrogen-bond donors (Lipinski definition) is 3. The SMILES string of the molecule is CCOC(=O)C(OC)(C(C)C(=O)O)P(=O)(O)O. The van der Waals surface area contributed by atoms with E-state index in [1.54, 1.807) is 0 Å². The van der Waals surface area contributed by atoms with Crippen molar-refractivity contribution < 1.29 is 38.5 Å². The predicted octanol–water partition coefficient (Wildman–Crippen LogP) is -0.209. The van der Waals surface area contributed by atoms with E-state index in [9.17, 15) is 14.2 Å². The van der Waals surface area contributed by atoms with Crippen molar-refractivity contribution in [2.24, 2.45) is 5.92 Å². The number of rotatable bonds is 6. The molecule has 0 bridgehead atoms. The Hall–Kier alpha value is -0.950. The summed E-state index contributed by atoms with van der Waals surface area (Å²) in [6.45, 7) is 2.22. The monoisotopic (exact) mass is 270 g/mol. The molecule has 100 valence electrons. The zero-order valence-corrected chi connectivity index (χ0v) is 10.5. The lowest BCUT2D eigenvalue weighted by Gasteiger charge is -2.33. The molecule has 0 aliphatic carbocycles. The molecule has 0 aliphatic heterocycles. The zero-order valence-electron chi connectivity index (χ0n) is 9.61. The summed E-state index contributed by atoms with van der Waals surface area (Å²) in [6, 6.07) is 0. The molecule has 9 heteroatoms. The summed E-state index contributed by atoms with van der Waals surface area (Å²) >= 11 is 0. The van der Waals surface area contributed by atoms with Crippen molar-refractivity contribution in [2.75, 3.05) is 13.7 Å². The Kier molecular flexibility index (Phi) is 5.28. The maximum Gasteiger partial charge on any atom is 0.369 e. The molecule has 0 heterocycles. The summed E-state index contributed by atoms with van der Waals surface area (Å²) < 4.78 is 20.3. The fourth-order valence-electron chi connectivity index (χ4n) is 1.33. The van der Waals surface area contributed by atoms with Crippen LogP contribution in [-0.4, -0.2) is 45.9 Å². The molecule has 0 amide bonds. The molecule has 2 atom stereocenters. The largest absolute Gasteiger partial charge is 0.481 e. The number of carbonyl (C=O) groups excluding carboxylic acids is 1. The van der Waals surface area contributed by atoms with Gasteiger partial charge in [-0.25, -0.2) is 4.79 Å². The van der Waals surface area contributed by atoms with Crippen LogP contribution in [0.5, 0.6) is 0 Å². The van der Waals surface area contributed by atoms with Crippen molar-refractivity contribution in [3.05, 3.63) is 0 Å². The topological polar surface area (TPSA) is 130 Å². The molecule has 0 aromatic heterocycles. The third kappa shape index (κ3) is 2.84. The highest BCUT2D eigenvalue weighted by Crippen LogP contribution is 2.55. The maximum atomic E-state index is 11.6. The van der Waals surface area contributed by atoms with Gasteiger partial charge in [0.2, 0.25) is 0 Å². The minimum atomic E-state index is -5.18. The quantitative estimate of drug-likeness (QED) is 0.446. The fourth-order valence-corrected chi connectivity index (χ4v) is 2.48. The fraction of sp³-hybridized carbons (Fsp3) is 0.750. The van der Waals surface area contributed by atoms with Gasteiger partial charge in [0.1, 0.15) is 5.92 Å². The Bertz CT molecular complexity index is 347. The van der Waals surface area contributed by atoms with E-state index in [0.29, 0.717) is 0 Å². The van der Waals surface area contributed by atoms with Gasteiger partial charge < -0.3 is 24.4 Å². The van der Waals surface area contributed by atoms with Crippen LogP contribution in [0.4, 0.5) is 0 Å². The average Bonchev–Trinajstić information content (AvgIpc) is 2.17. The molecule has 0 fully saturated rings. The summed E-state index contributed by atoms with van der Waals surface area (Å²) in [5.41, 5.74) is 0. The van der Waals surface area contributed by atoms with E-state index in [2.05, 4.69) is 9.47 Å². The average molecular weight is 270 g/mol. The first-order chi connectivity index (χ1) is 7.65. The number of aliphatic carboxylic acids is 1. The van der Waals surface area contributed by atoms with Crippen molar-refractivity contribution in [3.63, 3.8) is 0 Å². The predicted molar refractivity (Wildman–Crippen MR) is 55.2 cm³/mol. The molecule has 3 N–H and O–H groups in total. The van der Waals surface area contributed by atoms with Crippen molar-refractivity contribution in [1.29, 1.82) is 0 Å². The number of carbonyl (C=O) groups is 2. The van der Waals surface area contributed by atoms with E-state index in [1.807, 2.05) is 0 Å². The first-order valence-electron chi connectivity index (χ1n) is 4.66. The van der Waals surface area contributed by atoms with Gasteiger partial charge in [0, 0.05) is 7.11 Å². The van der Waals surface area contributed by atoms with Gasteiger partial charge in [0.25, 0.3) is 5.34 Å². The molecule has 0 spiro atoms. The van der Waals surface area contributed by atoms with Crippen LogP contribution in [0.25, 0.3) is 0 Å². The molecule has 0 rings (SSSR count). The third-order valence-corrected chi connectivity index (χ3v) is 3.89. The highest BCUT2D eigenvalue weighted by molar-refractivity contribution is 7.54. The van der Waals surface area contributed by atoms with E-state index >= 15 is 0 Å². The second-order valence-electron chi connectivity index (χ2n) is 3.22. The Morgan fingerprint density at radius 3 is 2.12 bits per heavy atom.